The van der Waals surface area contributed by atoms with Crippen molar-refractivity contribution in [1.29, 1.82) is 0 Å². The number of anilines is 1. The van der Waals surface area contributed by atoms with Crippen LogP contribution in [0.1, 0.15) is 0 Å². The van der Waals surface area contributed by atoms with Crippen LogP contribution >= 0.6 is 15.9 Å². The molecule has 0 saturated carbocycles. The number of halogens is 1. The van der Waals surface area contributed by atoms with Crippen LogP contribution in [0.5, 0.6) is 0 Å². The minimum absolute atomic E-state index is 0.0920. The van der Waals surface area contributed by atoms with Crippen molar-refractivity contribution in [3.05, 3.63) is 53.3 Å². The van der Waals surface area contributed by atoms with Gasteiger partial charge in [0, 0.05) is 16.9 Å². The van der Waals surface area contributed by atoms with Gasteiger partial charge in [-0.1, -0.05) is 12.1 Å². The highest BCUT2D eigenvalue weighted by atomic mass is 79.9. The topological polar surface area (TPSA) is 46.1 Å². The second kappa shape index (κ2) is 5.54. The molecule has 5 heteroatoms. The molecule has 1 aromatic heterocycles. The van der Waals surface area contributed by atoms with E-state index in [0.717, 1.165) is 10.2 Å². The molecule has 0 aliphatic carbocycles. The van der Waals surface area contributed by atoms with Gasteiger partial charge in [0.15, 0.2) is 0 Å². The van der Waals surface area contributed by atoms with Gasteiger partial charge in [0.05, 0.1) is 5.69 Å². The molecule has 0 saturated heterocycles. The van der Waals surface area contributed by atoms with E-state index in [4.69, 9.17) is 0 Å². The Morgan fingerprint density at radius 3 is 2.59 bits per heavy atom. The molecule has 2 aromatic rings. The van der Waals surface area contributed by atoms with Crippen molar-refractivity contribution < 1.29 is 4.79 Å². The molecule has 2 rings (SSSR count). The molecule has 0 fully saturated rings. The predicted octanol–water partition coefficient (Wildman–Crippen LogP) is 2.43. The molecular formula is C12H12BrN3O. The first-order chi connectivity index (χ1) is 8.25. The molecule has 1 heterocycles. The van der Waals surface area contributed by atoms with Crippen molar-refractivity contribution in [3.63, 3.8) is 0 Å². The lowest BCUT2D eigenvalue weighted by atomic mass is 10.3. The van der Waals surface area contributed by atoms with E-state index in [1.807, 2.05) is 48.8 Å². The predicted molar refractivity (Wildman–Crippen MR) is 71.4 cm³/mol. The molecule has 0 aliphatic rings. The monoisotopic (exact) mass is 293 g/mol. The molecule has 0 aliphatic heterocycles. The first kappa shape index (κ1) is 11.7. The number of amides is 1. The van der Waals surface area contributed by atoms with Crippen LogP contribution in [0.3, 0.4) is 0 Å². The van der Waals surface area contributed by atoms with Gasteiger partial charge < -0.3 is 10.7 Å². The SMILES string of the molecule is O=C(CNn1cccc1)Nc1ccccc1Br. The van der Waals surface area contributed by atoms with Crippen molar-refractivity contribution in [2.45, 2.75) is 0 Å². The Labute approximate surface area is 108 Å². The standard InChI is InChI=1S/C12H12BrN3O/c13-10-5-1-2-6-11(10)15-12(17)9-14-16-7-3-4-8-16/h1-8,14H,9H2,(H,15,17). The first-order valence-corrected chi connectivity index (χ1v) is 5.96. The lowest BCUT2D eigenvalue weighted by Gasteiger charge is -2.09. The summed E-state index contributed by atoms with van der Waals surface area (Å²) in [5, 5.41) is 2.81. The number of nitrogens with one attached hydrogen (secondary N) is 2. The molecule has 1 aromatic carbocycles. The molecule has 0 spiro atoms. The zero-order chi connectivity index (χ0) is 12.1. The van der Waals surface area contributed by atoms with Gasteiger partial charge in [-0.25, -0.2) is 0 Å². The highest BCUT2D eigenvalue weighted by molar-refractivity contribution is 9.10. The van der Waals surface area contributed by atoms with Crippen LogP contribution < -0.4 is 10.7 Å². The van der Waals surface area contributed by atoms with Crippen molar-refractivity contribution >= 4 is 27.5 Å². The third-order valence-corrected chi connectivity index (χ3v) is 2.87. The summed E-state index contributed by atoms with van der Waals surface area (Å²) < 4.78 is 2.61. The quantitative estimate of drug-likeness (QED) is 0.909. The van der Waals surface area contributed by atoms with Gasteiger partial charge in [0.25, 0.3) is 0 Å². The molecule has 0 bridgehead atoms. The van der Waals surface area contributed by atoms with Crippen LogP contribution in [0.15, 0.2) is 53.3 Å². The normalized spacial score (nSPS) is 9.94. The lowest BCUT2D eigenvalue weighted by Crippen LogP contribution is -2.26. The van der Waals surface area contributed by atoms with E-state index >= 15 is 0 Å². The lowest BCUT2D eigenvalue weighted by molar-refractivity contribution is -0.114. The van der Waals surface area contributed by atoms with E-state index in [0.29, 0.717) is 0 Å². The maximum absolute atomic E-state index is 11.7. The summed E-state index contributed by atoms with van der Waals surface area (Å²) in [4.78, 5) is 11.7. The minimum atomic E-state index is -0.0920. The summed E-state index contributed by atoms with van der Waals surface area (Å²) >= 11 is 3.37. The summed E-state index contributed by atoms with van der Waals surface area (Å²) in [6, 6.07) is 11.3. The van der Waals surface area contributed by atoms with Gasteiger partial charge in [-0.2, -0.15) is 0 Å². The summed E-state index contributed by atoms with van der Waals surface area (Å²) in [5.41, 5.74) is 3.72. The maximum Gasteiger partial charge on any atom is 0.245 e. The van der Waals surface area contributed by atoms with E-state index in [1.165, 1.54) is 0 Å². The molecule has 1 amide bonds. The fraction of sp³-hybridized carbons (Fsp3) is 0.0833. The summed E-state index contributed by atoms with van der Waals surface area (Å²) in [7, 11) is 0. The van der Waals surface area contributed by atoms with Gasteiger partial charge in [-0.05, 0) is 40.2 Å². The van der Waals surface area contributed by atoms with Crippen molar-refractivity contribution in [2.24, 2.45) is 0 Å². The molecular weight excluding hydrogens is 282 g/mol. The minimum Gasteiger partial charge on any atom is -0.323 e. The number of aromatic nitrogens is 1. The molecule has 2 N–H and O–H groups in total. The number of benzene rings is 1. The van der Waals surface area contributed by atoms with Gasteiger partial charge in [0.1, 0.15) is 6.54 Å². The number of carbonyl (C=O) groups is 1. The Morgan fingerprint density at radius 1 is 1.18 bits per heavy atom. The number of para-hydroxylation sites is 1. The largest absolute Gasteiger partial charge is 0.323 e. The Hall–Kier alpha value is -1.75. The average molecular weight is 294 g/mol. The summed E-state index contributed by atoms with van der Waals surface area (Å²) in [6.07, 6.45) is 3.68. The van der Waals surface area contributed by atoms with Crippen molar-refractivity contribution in [1.82, 2.24) is 4.68 Å². The molecule has 88 valence electrons. The first-order valence-electron chi connectivity index (χ1n) is 5.17. The molecule has 4 nitrogen and oxygen atoms in total. The van der Waals surface area contributed by atoms with E-state index < -0.39 is 0 Å². The Kier molecular flexibility index (Phi) is 3.82. The van der Waals surface area contributed by atoms with Gasteiger partial charge >= 0.3 is 0 Å². The van der Waals surface area contributed by atoms with Crippen LogP contribution in [-0.2, 0) is 4.79 Å². The van der Waals surface area contributed by atoms with Gasteiger partial charge in [-0.3, -0.25) is 9.47 Å². The summed E-state index contributed by atoms with van der Waals surface area (Å²) in [5.74, 6) is -0.0920. The Bertz CT molecular complexity index is 496. The third kappa shape index (κ3) is 3.35. The van der Waals surface area contributed by atoms with E-state index in [1.54, 1.807) is 4.68 Å². The van der Waals surface area contributed by atoms with E-state index in [9.17, 15) is 4.79 Å². The van der Waals surface area contributed by atoms with Crippen LogP contribution in [0.4, 0.5) is 5.69 Å². The molecule has 0 radical (unpaired) electrons. The maximum atomic E-state index is 11.7. The third-order valence-electron chi connectivity index (χ3n) is 2.17. The second-order valence-corrected chi connectivity index (χ2v) is 4.31. The average Bonchev–Trinajstić information content (AvgIpc) is 2.82. The fourth-order valence-corrected chi connectivity index (χ4v) is 1.74. The number of hydrogen-bond donors (Lipinski definition) is 2. The number of nitrogens with zero attached hydrogens (tertiary/aromatic N) is 1. The van der Waals surface area contributed by atoms with E-state index in [-0.39, 0.29) is 12.5 Å². The van der Waals surface area contributed by atoms with Crippen molar-refractivity contribution in [2.75, 3.05) is 17.3 Å². The molecule has 17 heavy (non-hydrogen) atoms. The molecule has 0 unspecified atom stereocenters. The van der Waals surface area contributed by atoms with E-state index in [2.05, 4.69) is 26.7 Å². The summed E-state index contributed by atoms with van der Waals surface area (Å²) in [6.45, 7) is 0.218. The van der Waals surface area contributed by atoms with Crippen LogP contribution in [0.25, 0.3) is 0 Å². The smallest absolute Gasteiger partial charge is 0.245 e. The number of carbonyl (C=O) groups excluding carboxylic acids is 1. The number of rotatable bonds is 4. The Balaban J connectivity index is 1.87. The van der Waals surface area contributed by atoms with Crippen molar-refractivity contribution in [3.8, 4) is 0 Å². The fourth-order valence-electron chi connectivity index (χ4n) is 1.36. The van der Waals surface area contributed by atoms with Crippen LogP contribution in [0, 0.1) is 0 Å². The molecule has 0 atom stereocenters. The Morgan fingerprint density at radius 2 is 1.88 bits per heavy atom. The second-order valence-electron chi connectivity index (χ2n) is 3.45. The van der Waals surface area contributed by atoms with Crippen LogP contribution in [-0.4, -0.2) is 17.1 Å². The highest BCUT2D eigenvalue weighted by Crippen LogP contribution is 2.20. The zero-order valence-electron chi connectivity index (χ0n) is 9.06. The number of hydrogen-bond acceptors (Lipinski definition) is 2. The van der Waals surface area contributed by atoms with Gasteiger partial charge in [0.2, 0.25) is 5.91 Å². The highest BCUT2D eigenvalue weighted by Gasteiger charge is 2.04. The zero-order valence-corrected chi connectivity index (χ0v) is 10.6. The van der Waals surface area contributed by atoms with Crippen LogP contribution in [0.2, 0.25) is 0 Å². The van der Waals surface area contributed by atoms with Gasteiger partial charge in [-0.15, -0.1) is 0 Å².